The van der Waals surface area contributed by atoms with Crippen LogP contribution in [0.1, 0.15) is 25.5 Å². The van der Waals surface area contributed by atoms with E-state index < -0.39 is 10.0 Å². The molecule has 0 aliphatic carbocycles. The minimum Gasteiger partial charge on any atom is -0.494 e. The van der Waals surface area contributed by atoms with Gasteiger partial charge in [-0.3, -0.25) is 0 Å². The number of ether oxygens (including phenoxy) is 1. The van der Waals surface area contributed by atoms with E-state index in [4.69, 9.17) is 4.74 Å². The molecule has 2 heterocycles. The zero-order chi connectivity index (χ0) is 22.7. The third-order valence-corrected chi connectivity index (χ3v) is 7.87. The predicted octanol–water partition coefficient (Wildman–Crippen LogP) is 2.87. The number of rotatable bonds is 6. The van der Waals surface area contributed by atoms with E-state index in [1.54, 1.807) is 23.1 Å². The van der Waals surface area contributed by atoms with E-state index in [9.17, 15) is 13.2 Å². The molecule has 3 aromatic rings. The first-order valence-corrected chi connectivity index (χ1v) is 12.6. The lowest BCUT2D eigenvalue weighted by molar-refractivity contribution is 0.169. The van der Waals surface area contributed by atoms with E-state index >= 15 is 0 Å². The normalized spacial score (nSPS) is 16.1. The third-order valence-electron chi connectivity index (χ3n) is 5.40. The SMILES string of the molecule is CCOc1cccc(C(C)NC(=O)N2CCN(S(=O)(=O)c3cccc4nsnc34)CC2)c1. The highest BCUT2D eigenvalue weighted by atomic mass is 32.2. The van der Waals surface area contributed by atoms with Crippen molar-refractivity contribution < 1.29 is 17.9 Å². The number of carbonyl (C=O) groups is 1. The van der Waals surface area contributed by atoms with Crippen molar-refractivity contribution in [1.82, 2.24) is 23.3 Å². The zero-order valence-corrected chi connectivity index (χ0v) is 19.5. The summed E-state index contributed by atoms with van der Waals surface area (Å²) in [5, 5.41) is 2.99. The lowest BCUT2D eigenvalue weighted by atomic mass is 10.1. The highest BCUT2D eigenvalue weighted by Crippen LogP contribution is 2.25. The first-order valence-electron chi connectivity index (χ1n) is 10.4. The van der Waals surface area contributed by atoms with Crippen molar-refractivity contribution in [2.24, 2.45) is 0 Å². The van der Waals surface area contributed by atoms with Crippen molar-refractivity contribution in [3.05, 3.63) is 48.0 Å². The van der Waals surface area contributed by atoms with Gasteiger partial charge >= 0.3 is 6.03 Å². The van der Waals surface area contributed by atoms with E-state index in [0.29, 0.717) is 30.7 Å². The molecule has 2 amide bonds. The van der Waals surface area contributed by atoms with Crippen molar-refractivity contribution in [3.63, 3.8) is 0 Å². The van der Waals surface area contributed by atoms with Crippen LogP contribution in [0.25, 0.3) is 11.0 Å². The minimum absolute atomic E-state index is 0.157. The number of amides is 2. The minimum atomic E-state index is -3.72. The first-order chi connectivity index (χ1) is 15.4. The second kappa shape index (κ2) is 9.39. The Morgan fingerprint density at radius 1 is 1.16 bits per heavy atom. The second-order valence-corrected chi connectivity index (χ2v) is 9.89. The molecule has 1 atom stereocenters. The molecule has 11 heteroatoms. The van der Waals surface area contributed by atoms with Crippen molar-refractivity contribution in [3.8, 4) is 5.75 Å². The van der Waals surface area contributed by atoms with Crippen LogP contribution in [-0.2, 0) is 10.0 Å². The zero-order valence-electron chi connectivity index (χ0n) is 17.9. The van der Waals surface area contributed by atoms with Gasteiger partial charge in [0, 0.05) is 26.2 Å². The molecule has 1 aromatic heterocycles. The molecule has 1 fully saturated rings. The highest BCUT2D eigenvalue weighted by Gasteiger charge is 2.32. The number of urea groups is 1. The lowest BCUT2D eigenvalue weighted by Gasteiger charge is -2.34. The number of carbonyl (C=O) groups excluding carboxylic acids is 1. The fourth-order valence-electron chi connectivity index (χ4n) is 3.66. The lowest BCUT2D eigenvalue weighted by Crippen LogP contribution is -2.53. The standard InChI is InChI=1S/C21H25N5O4S2/c1-3-30-17-7-4-6-16(14-17)15(2)22-21(27)25-10-12-26(13-11-25)32(28,29)19-9-5-8-18-20(19)24-31-23-18/h4-9,14-15H,3,10-13H2,1-2H3,(H,22,27). The summed E-state index contributed by atoms with van der Waals surface area (Å²) < 4.78 is 41.5. The van der Waals surface area contributed by atoms with Crippen LogP contribution in [-0.4, -0.2) is 65.2 Å². The molecular weight excluding hydrogens is 450 g/mol. The molecule has 4 rings (SSSR count). The average molecular weight is 476 g/mol. The number of nitrogens with one attached hydrogen (secondary N) is 1. The summed E-state index contributed by atoms with van der Waals surface area (Å²) in [4.78, 5) is 14.6. The molecule has 2 aromatic carbocycles. The van der Waals surface area contributed by atoms with Gasteiger partial charge in [0.25, 0.3) is 0 Å². The Bertz CT molecular complexity index is 1210. The summed E-state index contributed by atoms with van der Waals surface area (Å²) in [6.07, 6.45) is 0. The van der Waals surface area contributed by atoms with E-state index in [1.807, 2.05) is 38.1 Å². The molecular formula is C21H25N5O4S2. The molecule has 9 nitrogen and oxygen atoms in total. The van der Waals surface area contributed by atoms with Crippen LogP contribution in [0.3, 0.4) is 0 Å². The van der Waals surface area contributed by atoms with Gasteiger partial charge in [-0.1, -0.05) is 18.2 Å². The molecule has 1 saturated heterocycles. The van der Waals surface area contributed by atoms with E-state index in [-0.39, 0.29) is 30.1 Å². The van der Waals surface area contributed by atoms with Crippen LogP contribution in [0.2, 0.25) is 0 Å². The molecule has 1 aliphatic heterocycles. The fraction of sp³-hybridized carbons (Fsp3) is 0.381. The Hall–Kier alpha value is -2.76. The number of nitrogens with zero attached hydrogens (tertiary/aromatic N) is 4. The van der Waals surface area contributed by atoms with E-state index in [0.717, 1.165) is 23.0 Å². The maximum absolute atomic E-state index is 13.2. The highest BCUT2D eigenvalue weighted by molar-refractivity contribution is 7.89. The van der Waals surface area contributed by atoms with Crippen LogP contribution in [0.4, 0.5) is 4.79 Å². The topological polar surface area (TPSA) is 105 Å². The second-order valence-electron chi connectivity index (χ2n) is 7.46. The van der Waals surface area contributed by atoms with Gasteiger partial charge in [-0.05, 0) is 43.7 Å². The van der Waals surface area contributed by atoms with Gasteiger partial charge in [-0.15, -0.1) is 0 Å². The van der Waals surface area contributed by atoms with Crippen LogP contribution in [0, 0.1) is 0 Å². The number of piperazine rings is 1. The molecule has 32 heavy (non-hydrogen) atoms. The summed E-state index contributed by atoms with van der Waals surface area (Å²) in [7, 11) is -3.72. The third kappa shape index (κ3) is 4.54. The summed E-state index contributed by atoms with van der Waals surface area (Å²) in [6, 6.07) is 12.2. The van der Waals surface area contributed by atoms with Crippen molar-refractivity contribution >= 4 is 38.8 Å². The molecule has 1 N–H and O–H groups in total. The van der Waals surface area contributed by atoms with Gasteiger partial charge < -0.3 is 15.0 Å². The molecule has 0 spiro atoms. The van der Waals surface area contributed by atoms with E-state index in [2.05, 4.69) is 14.1 Å². The summed E-state index contributed by atoms with van der Waals surface area (Å²) in [6.45, 7) is 5.46. The Labute approximate surface area is 191 Å². The largest absolute Gasteiger partial charge is 0.494 e. The number of fused-ring (bicyclic) bond motifs is 1. The van der Waals surface area contributed by atoms with Gasteiger partial charge in [-0.25, -0.2) is 13.2 Å². The first kappa shape index (κ1) is 22.4. The number of aromatic nitrogens is 2. The molecule has 1 unspecified atom stereocenters. The van der Waals surface area contributed by atoms with Gasteiger partial charge in [0.2, 0.25) is 10.0 Å². The molecule has 170 valence electrons. The van der Waals surface area contributed by atoms with Crippen molar-refractivity contribution in [2.45, 2.75) is 24.8 Å². The van der Waals surface area contributed by atoms with Gasteiger partial charge in [0.05, 0.1) is 24.4 Å². The smallest absolute Gasteiger partial charge is 0.317 e. The van der Waals surface area contributed by atoms with Gasteiger partial charge in [-0.2, -0.15) is 13.1 Å². The van der Waals surface area contributed by atoms with Crippen LogP contribution in [0.5, 0.6) is 5.75 Å². The Kier molecular flexibility index (Phi) is 6.58. The quantitative estimate of drug-likeness (QED) is 0.588. The maximum atomic E-state index is 13.2. The number of sulfonamides is 1. The van der Waals surface area contributed by atoms with Gasteiger partial charge in [0.15, 0.2) is 0 Å². The molecule has 0 bridgehead atoms. The number of benzene rings is 2. The fourth-order valence-corrected chi connectivity index (χ4v) is 5.84. The summed E-state index contributed by atoms with van der Waals surface area (Å²) in [5.74, 6) is 0.759. The Balaban J connectivity index is 1.38. The average Bonchev–Trinajstić information content (AvgIpc) is 3.28. The van der Waals surface area contributed by atoms with Gasteiger partial charge in [0.1, 0.15) is 21.7 Å². The molecule has 0 saturated carbocycles. The number of hydrogen-bond acceptors (Lipinski definition) is 7. The Morgan fingerprint density at radius 2 is 1.91 bits per heavy atom. The van der Waals surface area contributed by atoms with Crippen LogP contribution < -0.4 is 10.1 Å². The molecule has 0 radical (unpaired) electrons. The predicted molar refractivity (Wildman–Crippen MR) is 122 cm³/mol. The monoisotopic (exact) mass is 475 g/mol. The maximum Gasteiger partial charge on any atom is 0.317 e. The van der Waals surface area contributed by atoms with Crippen molar-refractivity contribution in [1.29, 1.82) is 0 Å². The van der Waals surface area contributed by atoms with Crippen LogP contribution in [0.15, 0.2) is 47.4 Å². The Morgan fingerprint density at radius 3 is 2.66 bits per heavy atom. The van der Waals surface area contributed by atoms with Crippen LogP contribution >= 0.6 is 11.7 Å². The summed E-state index contributed by atoms with van der Waals surface area (Å²) >= 11 is 0.989. The number of hydrogen-bond donors (Lipinski definition) is 1. The summed E-state index contributed by atoms with van der Waals surface area (Å²) in [5.41, 5.74) is 1.90. The van der Waals surface area contributed by atoms with Crippen molar-refractivity contribution in [2.75, 3.05) is 32.8 Å². The van der Waals surface area contributed by atoms with E-state index in [1.165, 1.54) is 4.31 Å². The molecule has 1 aliphatic rings.